The van der Waals surface area contributed by atoms with Gasteiger partial charge in [-0.05, 0) is 86.9 Å². The number of pyridine rings is 1. The summed E-state index contributed by atoms with van der Waals surface area (Å²) in [6, 6.07) is 14.1. The van der Waals surface area contributed by atoms with E-state index in [0.717, 1.165) is 48.1 Å². The standard InChI is InChI=1S/C32H39ClN4O5S/c1-2-36-31(38)29(34)8-5-6-17-37-43(39,40)24-12-13-28(33)22(19-24)21-41-32(15-16-32)27-20-35-18-14-25(27)26-7-3-4-9-30(26)42-23-10-11-23/h3-4,7,9,12-14,18-20,23,29,37H,2,5-6,8,10-11,15-17,21,34H2,1H3,(H,36,38)/t29-/m1/s1. The molecule has 0 saturated heterocycles. The second-order valence-corrected chi connectivity index (χ2v) is 13.3. The minimum absolute atomic E-state index is 0.118. The molecule has 230 valence electrons. The summed E-state index contributed by atoms with van der Waals surface area (Å²) in [6.45, 7) is 2.74. The molecule has 0 unspecified atom stereocenters. The van der Waals surface area contributed by atoms with Gasteiger partial charge in [0.2, 0.25) is 15.9 Å². The first-order chi connectivity index (χ1) is 20.7. The van der Waals surface area contributed by atoms with Crippen molar-refractivity contribution in [2.45, 2.75) is 81.1 Å². The van der Waals surface area contributed by atoms with Crippen molar-refractivity contribution >= 4 is 27.5 Å². The van der Waals surface area contributed by atoms with Crippen LogP contribution in [0.2, 0.25) is 5.02 Å². The highest BCUT2D eigenvalue weighted by Gasteiger charge is 2.48. The Labute approximate surface area is 258 Å². The molecule has 1 amide bonds. The number of unbranched alkanes of at least 4 members (excludes halogenated alkanes) is 1. The number of aromatic nitrogens is 1. The number of benzene rings is 2. The lowest BCUT2D eigenvalue weighted by Gasteiger charge is -2.22. The van der Waals surface area contributed by atoms with Gasteiger partial charge in [0.05, 0.1) is 29.2 Å². The van der Waals surface area contributed by atoms with Gasteiger partial charge in [0, 0.05) is 41.6 Å². The van der Waals surface area contributed by atoms with Crippen LogP contribution >= 0.6 is 11.6 Å². The predicted molar refractivity (Wildman–Crippen MR) is 166 cm³/mol. The normalized spacial score (nSPS) is 16.4. The fraction of sp³-hybridized carbons (Fsp3) is 0.438. The maximum absolute atomic E-state index is 13.0. The van der Waals surface area contributed by atoms with Crippen molar-refractivity contribution in [2.75, 3.05) is 13.1 Å². The van der Waals surface area contributed by atoms with E-state index in [1.54, 1.807) is 18.3 Å². The predicted octanol–water partition coefficient (Wildman–Crippen LogP) is 5.06. The average molecular weight is 627 g/mol. The Kier molecular flexibility index (Phi) is 10.0. The molecule has 4 N–H and O–H groups in total. The average Bonchev–Trinajstić information content (AvgIpc) is 3.94. The molecule has 0 aliphatic heterocycles. The first-order valence-electron chi connectivity index (χ1n) is 14.9. The lowest BCUT2D eigenvalue weighted by atomic mass is 9.96. The van der Waals surface area contributed by atoms with Crippen LogP contribution in [-0.2, 0) is 31.8 Å². The number of ether oxygens (including phenoxy) is 2. The lowest BCUT2D eigenvalue weighted by molar-refractivity contribution is -0.122. The van der Waals surface area contributed by atoms with Gasteiger partial charge in [0.25, 0.3) is 0 Å². The first kappa shape index (κ1) is 31.4. The van der Waals surface area contributed by atoms with Crippen molar-refractivity contribution in [3.63, 3.8) is 0 Å². The first-order valence-corrected chi connectivity index (χ1v) is 16.7. The van der Waals surface area contributed by atoms with Crippen molar-refractivity contribution in [3.8, 4) is 16.9 Å². The smallest absolute Gasteiger partial charge is 0.240 e. The number of hydrogen-bond acceptors (Lipinski definition) is 7. The van der Waals surface area contributed by atoms with E-state index in [0.29, 0.717) is 36.4 Å². The highest BCUT2D eigenvalue weighted by molar-refractivity contribution is 7.89. The van der Waals surface area contributed by atoms with Gasteiger partial charge in [-0.2, -0.15) is 0 Å². The number of para-hydroxylation sites is 1. The number of nitrogens with two attached hydrogens (primary N) is 1. The number of nitrogens with one attached hydrogen (secondary N) is 2. The zero-order valence-corrected chi connectivity index (χ0v) is 25.9. The Morgan fingerprint density at radius 1 is 1.14 bits per heavy atom. The molecule has 2 saturated carbocycles. The maximum Gasteiger partial charge on any atom is 0.240 e. The molecule has 1 aromatic heterocycles. The number of likely N-dealkylation sites (N-methyl/N-ethyl adjacent to an activating group) is 1. The molecule has 2 aromatic carbocycles. The van der Waals surface area contributed by atoms with Crippen LogP contribution in [0.4, 0.5) is 0 Å². The largest absolute Gasteiger partial charge is 0.490 e. The Hall–Kier alpha value is -3.02. The second-order valence-electron chi connectivity index (χ2n) is 11.2. The summed E-state index contributed by atoms with van der Waals surface area (Å²) < 4.78 is 41.4. The third-order valence-electron chi connectivity index (χ3n) is 7.76. The topological polar surface area (TPSA) is 133 Å². The quantitative estimate of drug-likeness (QED) is 0.189. The van der Waals surface area contributed by atoms with Gasteiger partial charge >= 0.3 is 0 Å². The van der Waals surface area contributed by atoms with Crippen LogP contribution in [-0.4, -0.2) is 44.5 Å². The molecule has 3 aromatic rings. The molecular formula is C32H39ClN4O5S. The van der Waals surface area contributed by atoms with Crippen LogP contribution in [0, 0.1) is 0 Å². The van der Waals surface area contributed by atoms with Crippen LogP contribution in [0.25, 0.3) is 11.1 Å². The minimum Gasteiger partial charge on any atom is -0.490 e. The Morgan fingerprint density at radius 2 is 1.93 bits per heavy atom. The molecule has 9 nitrogen and oxygen atoms in total. The Morgan fingerprint density at radius 3 is 2.67 bits per heavy atom. The fourth-order valence-electron chi connectivity index (χ4n) is 5.02. The molecule has 5 rings (SSSR count). The van der Waals surface area contributed by atoms with Crippen LogP contribution in [0.3, 0.4) is 0 Å². The van der Waals surface area contributed by atoms with Crippen LogP contribution in [0.5, 0.6) is 5.75 Å². The highest BCUT2D eigenvalue weighted by Crippen LogP contribution is 2.53. The summed E-state index contributed by atoms with van der Waals surface area (Å²) in [5.41, 5.74) is 8.93. The SMILES string of the molecule is CCNC(=O)[C@H](N)CCCCNS(=O)(=O)c1ccc(Cl)c(COC2(c3cnccc3-c3ccccc3OC3CC3)CC2)c1. The molecular weight excluding hydrogens is 588 g/mol. The van der Waals surface area contributed by atoms with E-state index < -0.39 is 21.7 Å². The van der Waals surface area contributed by atoms with Gasteiger partial charge < -0.3 is 20.5 Å². The molecule has 1 heterocycles. The number of carbonyl (C=O) groups is 1. The van der Waals surface area contributed by atoms with Crippen molar-refractivity contribution < 1.29 is 22.7 Å². The number of amides is 1. The van der Waals surface area contributed by atoms with E-state index in [9.17, 15) is 13.2 Å². The molecule has 2 fully saturated rings. The van der Waals surface area contributed by atoms with Crippen molar-refractivity contribution in [1.29, 1.82) is 0 Å². The Bertz CT molecular complexity index is 1540. The molecule has 11 heteroatoms. The summed E-state index contributed by atoms with van der Waals surface area (Å²) in [4.78, 5) is 16.3. The van der Waals surface area contributed by atoms with Crippen LogP contribution < -0.4 is 20.5 Å². The summed E-state index contributed by atoms with van der Waals surface area (Å²) >= 11 is 6.50. The van der Waals surface area contributed by atoms with E-state index in [2.05, 4.69) is 21.1 Å². The van der Waals surface area contributed by atoms with Gasteiger partial charge in [-0.15, -0.1) is 0 Å². The van der Waals surface area contributed by atoms with Gasteiger partial charge in [-0.25, -0.2) is 13.1 Å². The zero-order chi connectivity index (χ0) is 30.5. The molecule has 0 spiro atoms. The third-order valence-corrected chi connectivity index (χ3v) is 9.59. The van der Waals surface area contributed by atoms with Gasteiger partial charge in [0.1, 0.15) is 5.75 Å². The van der Waals surface area contributed by atoms with Gasteiger partial charge in [-0.1, -0.05) is 36.2 Å². The third kappa shape index (κ3) is 7.93. The van der Waals surface area contributed by atoms with Crippen molar-refractivity contribution in [2.24, 2.45) is 5.73 Å². The van der Waals surface area contributed by atoms with Crippen molar-refractivity contribution in [1.82, 2.24) is 15.0 Å². The number of sulfonamides is 1. The van der Waals surface area contributed by atoms with E-state index in [4.69, 9.17) is 26.8 Å². The van der Waals surface area contributed by atoms with Gasteiger partial charge in [0.15, 0.2) is 0 Å². The number of carbonyl (C=O) groups excluding carboxylic acids is 1. The number of nitrogens with zero attached hydrogens (tertiary/aromatic N) is 1. The second kappa shape index (κ2) is 13.7. The van der Waals surface area contributed by atoms with E-state index in [-0.39, 0.29) is 30.1 Å². The molecule has 0 bridgehead atoms. The molecule has 2 aliphatic carbocycles. The fourth-order valence-corrected chi connectivity index (χ4v) is 6.31. The summed E-state index contributed by atoms with van der Waals surface area (Å²) in [6.07, 6.45) is 9.34. The zero-order valence-electron chi connectivity index (χ0n) is 24.4. The molecule has 1 atom stereocenters. The molecule has 43 heavy (non-hydrogen) atoms. The van der Waals surface area contributed by atoms with Gasteiger partial charge in [-0.3, -0.25) is 9.78 Å². The number of hydrogen-bond donors (Lipinski definition) is 3. The lowest BCUT2D eigenvalue weighted by Crippen LogP contribution is -2.40. The van der Waals surface area contributed by atoms with Crippen molar-refractivity contribution in [3.05, 3.63) is 77.1 Å². The molecule has 0 radical (unpaired) electrons. The summed E-state index contributed by atoms with van der Waals surface area (Å²) in [7, 11) is -3.77. The summed E-state index contributed by atoms with van der Waals surface area (Å²) in [5.74, 6) is 0.658. The van der Waals surface area contributed by atoms with E-state index >= 15 is 0 Å². The van der Waals surface area contributed by atoms with Crippen LogP contribution in [0.1, 0.15) is 63.0 Å². The number of rotatable bonds is 16. The summed E-state index contributed by atoms with van der Waals surface area (Å²) in [5, 5.41) is 3.12. The minimum atomic E-state index is -3.77. The highest BCUT2D eigenvalue weighted by atomic mass is 35.5. The monoisotopic (exact) mass is 626 g/mol. The van der Waals surface area contributed by atoms with E-state index in [1.165, 1.54) is 6.07 Å². The van der Waals surface area contributed by atoms with E-state index in [1.807, 2.05) is 37.4 Å². The maximum atomic E-state index is 13.0. The number of halogens is 1. The molecule has 2 aliphatic rings. The Balaban J connectivity index is 1.23. The van der Waals surface area contributed by atoms with Crippen LogP contribution in [0.15, 0.2) is 65.8 Å².